The van der Waals surface area contributed by atoms with Gasteiger partial charge in [-0.3, -0.25) is 0 Å². The van der Waals surface area contributed by atoms with Gasteiger partial charge in [-0.05, 0) is 43.9 Å². The van der Waals surface area contributed by atoms with Crippen LogP contribution in [-0.2, 0) is 16.6 Å². The van der Waals surface area contributed by atoms with Crippen LogP contribution in [0.25, 0.3) is 0 Å². The molecule has 1 aromatic heterocycles. The Labute approximate surface area is 125 Å². The second-order valence-electron chi connectivity index (χ2n) is 4.61. The monoisotopic (exact) mass is 320 g/mol. The van der Waals surface area contributed by atoms with Gasteiger partial charge in [0.1, 0.15) is 4.90 Å². The van der Waals surface area contributed by atoms with Crippen molar-refractivity contribution in [2.75, 3.05) is 26.2 Å². The molecule has 0 atom stereocenters. The lowest BCUT2D eigenvalue weighted by Crippen LogP contribution is -2.30. The third kappa shape index (κ3) is 4.53. The lowest BCUT2D eigenvalue weighted by molar-refractivity contribution is 0.282. The molecule has 0 aliphatic carbocycles. The van der Waals surface area contributed by atoms with Crippen LogP contribution in [0.2, 0.25) is 0 Å². The zero-order valence-corrected chi connectivity index (χ0v) is 14.0. The van der Waals surface area contributed by atoms with Gasteiger partial charge < -0.3 is 10.0 Å². The normalized spacial score (nSPS) is 12.2. The summed E-state index contributed by atoms with van der Waals surface area (Å²) in [6.07, 6.45) is 0.776. The molecule has 1 aromatic rings. The Balaban J connectivity index is 2.60. The number of aliphatic hydroxyl groups is 1. The Hall–Kier alpha value is -0.470. The summed E-state index contributed by atoms with van der Waals surface area (Å²) in [5.41, 5.74) is 0.690. The van der Waals surface area contributed by atoms with Crippen molar-refractivity contribution < 1.29 is 13.5 Å². The van der Waals surface area contributed by atoms with Crippen molar-refractivity contribution in [1.82, 2.24) is 9.62 Å². The number of hydrogen-bond acceptors (Lipinski definition) is 5. The highest BCUT2D eigenvalue weighted by Crippen LogP contribution is 2.26. The third-order valence-corrected chi connectivity index (χ3v) is 6.15. The van der Waals surface area contributed by atoms with E-state index in [4.69, 9.17) is 0 Å². The lowest BCUT2D eigenvalue weighted by atomic mass is 10.3. The summed E-state index contributed by atoms with van der Waals surface area (Å²) in [5.74, 6) is 0. The van der Waals surface area contributed by atoms with E-state index in [-0.39, 0.29) is 11.5 Å². The van der Waals surface area contributed by atoms with E-state index in [0.29, 0.717) is 17.0 Å². The van der Waals surface area contributed by atoms with Gasteiger partial charge in [-0.2, -0.15) is 0 Å². The molecule has 0 aliphatic heterocycles. The molecule has 116 valence electrons. The van der Waals surface area contributed by atoms with Gasteiger partial charge in [-0.15, -0.1) is 11.3 Å². The van der Waals surface area contributed by atoms with Gasteiger partial charge in [0.25, 0.3) is 0 Å². The Morgan fingerprint density at radius 2 is 2.00 bits per heavy atom. The number of rotatable bonds is 9. The number of nitrogens with one attached hydrogen (secondary N) is 1. The van der Waals surface area contributed by atoms with Gasteiger partial charge in [0.15, 0.2) is 0 Å². The third-order valence-electron chi connectivity index (χ3n) is 3.24. The molecule has 0 radical (unpaired) electrons. The van der Waals surface area contributed by atoms with Crippen LogP contribution >= 0.6 is 11.3 Å². The highest BCUT2D eigenvalue weighted by molar-refractivity contribution is 7.89. The summed E-state index contributed by atoms with van der Waals surface area (Å²) in [6, 6.07) is 0. The van der Waals surface area contributed by atoms with E-state index < -0.39 is 10.0 Å². The molecular formula is C13H24N2O3S2. The first-order chi connectivity index (χ1) is 9.46. The van der Waals surface area contributed by atoms with E-state index in [1.165, 1.54) is 11.3 Å². The number of hydrogen-bond donors (Lipinski definition) is 2. The molecule has 0 saturated carbocycles. The molecular weight excluding hydrogens is 296 g/mol. The molecule has 20 heavy (non-hydrogen) atoms. The molecule has 0 spiro atoms. The van der Waals surface area contributed by atoms with Crippen molar-refractivity contribution in [1.29, 1.82) is 0 Å². The molecule has 0 unspecified atom stereocenters. The van der Waals surface area contributed by atoms with Gasteiger partial charge in [-0.25, -0.2) is 13.1 Å². The molecule has 0 amide bonds. The van der Waals surface area contributed by atoms with Crippen LogP contribution in [0.15, 0.2) is 10.3 Å². The number of thiophene rings is 1. The average Bonchev–Trinajstić information content (AvgIpc) is 2.81. The Morgan fingerprint density at radius 3 is 2.55 bits per heavy atom. The maximum atomic E-state index is 12.2. The fraction of sp³-hybridized carbons (Fsp3) is 0.692. The zero-order chi connectivity index (χ0) is 15.2. The maximum absolute atomic E-state index is 12.2. The van der Waals surface area contributed by atoms with Crippen molar-refractivity contribution in [3.05, 3.63) is 15.8 Å². The summed E-state index contributed by atoms with van der Waals surface area (Å²) in [5, 5.41) is 11.0. The zero-order valence-electron chi connectivity index (χ0n) is 12.3. The largest absolute Gasteiger partial charge is 0.391 e. The van der Waals surface area contributed by atoms with Crippen LogP contribution in [0, 0.1) is 6.92 Å². The van der Waals surface area contributed by atoms with Crippen LogP contribution < -0.4 is 4.72 Å². The standard InChI is InChI=1S/C13H24N2O3S2/c1-4-15(5-2)8-6-7-14-20(17,18)13-11(3)10-19-12(13)9-16/h10,14,16H,4-9H2,1-3H3. The summed E-state index contributed by atoms with van der Waals surface area (Å²) >= 11 is 1.28. The van der Waals surface area contributed by atoms with Crippen molar-refractivity contribution in [3.63, 3.8) is 0 Å². The summed E-state index contributed by atoms with van der Waals surface area (Å²) < 4.78 is 27.1. The van der Waals surface area contributed by atoms with Crippen molar-refractivity contribution in [2.45, 2.75) is 38.7 Å². The van der Waals surface area contributed by atoms with E-state index >= 15 is 0 Å². The predicted octanol–water partition coefficient (Wildman–Crippen LogP) is 1.56. The maximum Gasteiger partial charge on any atom is 0.242 e. The van der Waals surface area contributed by atoms with Gasteiger partial charge in [0.05, 0.1) is 11.5 Å². The van der Waals surface area contributed by atoms with E-state index in [1.54, 1.807) is 12.3 Å². The van der Waals surface area contributed by atoms with Crippen LogP contribution in [0.4, 0.5) is 0 Å². The van der Waals surface area contributed by atoms with Crippen LogP contribution in [0.1, 0.15) is 30.7 Å². The molecule has 0 fully saturated rings. The second kappa shape index (κ2) is 8.09. The van der Waals surface area contributed by atoms with Gasteiger partial charge in [-0.1, -0.05) is 13.8 Å². The SMILES string of the molecule is CCN(CC)CCCNS(=O)(=O)c1c(C)csc1CO. The molecule has 0 saturated heterocycles. The number of aryl methyl sites for hydroxylation is 1. The fourth-order valence-electron chi connectivity index (χ4n) is 2.08. The first kappa shape index (κ1) is 17.6. The smallest absolute Gasteiger partial charge is 0.242 e. The van der Waals surface area contributed by atoms with Gasteiger partial charge in [0, 0.05) is 6.54 Å². The lowest BCUT2D eigenvalue weighted by Gasteiger charge is -2.17. The Morgan fingerprint density at radius 1 is 1.35 bits per heavy atom. The number of sulfonamides is 1. The Bertz CT molecular complexity index is 508. The van der Waals surface area contributed by atoms with E-state index in [2.05, 4.69) is 23.5 Å². The highest BCUT2D eigenvalue weighted by Gasteiger charge is 2.22. The second-order valence-corrected chi connectivity index (χ2v) is 7.28. The molecule has 1 rings (SSSR count). The average molecular weight is 320 g/mol. The summed E-state index contributed by atoms with van der Waals surface area (Å²) in [4.78, 5) is 3.00. The Kier molecular flexibility index (Phi) is 7.11. The molecule has 0 bridgehead atoms. The van der Waals surface area contributed by atoms with Crippen LogP contribution in [0.5, 0.6) is 0 Å². The minimum absolute atomic E-state index is 0.242. The predicted molar refractivity (Wildman–Crippen MR) is 82.6 cm³/mol. The molecule has 1 heterocycles. The number of aliphatic hydroxyl groups excluding tert-OH is 1. The van der Waals surface area contributed by atoms with E-state index in [0.717, 1.165) is 26.1 Å². The van der Waals surface area contributed by atoms with Crippen molar-refractivity contribution in [3.8, 4) is 0 Å². The topological polar surface area (TPSA) is 69.6 Å². The fourth-order valence-corrected chi connectivity index (χ4v) is 4.81. The van der Waals surface area contributed by atoms with Gasteiger partial charge in [0.2, 0.25) is 10.0 Å². The summed E-state index contributed by atoms with van der Waals surface area (Å²) in [6.45, 7) is 8.94. The first-order valence-electron chi connectivity index (χ1n) is 6.86. The minimum Gasteiger partial charge on any atom is -0.391 e. The van der Waals surface area contributed by atoms with E-state index in [9.17, 15) is 13.5 Å². The van der Waals surface area contributed by atoms with Crippen LogP contribution in [-0.4, -0.2) is 44.6 Å². The first-order valence-corrected chi connectivity index (χ1v) is 9.22. The molecule has 5 nitrogen and oxygen atoms in total. The van der Waals surface area contributed by atoms with Crippen molar-refractivity contribution in [2.24, 2.45) is 0 Å². The molecule has 0 aromatic carbocycles. The molecule has 0 aliphatic rings. The van der Waals surface area contributed by atoms with E-state index in [1.807, 2.05) is 0 Å². The minimum atomic E-state index is -3.52. The molecule has 7 heteroatoms. The summed E-state index contributed by atoms with van der Waals surface area (Å²) in [7, 11) is -3.52. The highest BCUT2D eigenvalue weighted by atomic mass is 32.2. The van der Waals surface area contributed by atoms with Crippen LogP contribution in [0.3, 0.4) is 0 Å². The van der Waals surface area contributed by atoms with Gasteiger partial charge >= 0.3 is 0 Å². The number of nitrogens with zero attached hydrogens (tertiary/aromatic N) is 1. The van der Waals surface area contributed by atoms with Crippen molar-refractivity contribution >= 4 is 21.4 Å². The molecule has 2 N–H and O–H groups in total. The quantitative estimate of drug-likeness (QED) is 0.678.